The van der Waals surface area contributed by atoms with Gasteiger partial charge in [0.15, 0.2) is 5.82 Å². The summed E-state index contributed by atoms with van der Waals surface area (Å²) in [5.41, 5.74) is 2.14. The van der Waals surface area contributed by atoms with Crippen molar-refractivity contribution in [3.8, 4) is 0 Å². The van der Waals surface area contributed by atoms with Crippen molar-refractivity contribution in [2.45, 2.75) is 32.2 Å². The second kappa shape index (κ2) is 7.84. The molecule has 0 aromatic carbocycles. The highest BCUT2D eigenvalue weighted by molar-refractivity contribution is 5.57. The van der Waals surface area contributed by atoms with Gasteiger partial charge in [-0.2, -0.15) is 0 Å². The Balaban J connectivity index is 1.44. The molecule has 1 N–H and O–H groups in total. The SMILES string of the molecule is Cc1cccnc1Nc1nccnc1C1CCN(Cc2nccn2C)CC1. The van der Waals surface area contributed by atoms with E-state index in [2.05, 4.69) is 34.7 Å². The van der Waals surface area contributed by atoms with Crippen LogP contribution in [0, 0.1) is 6.92 Å². The summed E-state index contributed by atoms with van der Waals surface area (Å²) in [6.45, 7) is 5.02. The van der Waals surface area contributed by atoms with E-state index in [0.29, 0.717) is 5.92 Å². The van der Waals surface area contributed by atoms with Crippen LogP contribution in [-0.4, -0.2) is 42.5 Å². The fourth-order valence-corrected chi connectivity index (χ4v) is 3.59. The van der Waals surface area contributed by atoms with E-state index < -0.39 is 0 Å². The number of imidazole rings is 1. The number of piperidine rings is 1. The normalized spacial score (nSPS) is 15.8. The fraction of sp³-hybridized carbons (Fsp3) is 0.400. The molecule has 0 spiro atoms. The van der Waals surface area contributed by atoms with Gasteiger partial charge < -0.3 is 9.88 Å². The van der Waals surface area contributed by atoms with E-state index in [-0.39, 0.29) is 0 Å². The van der Waals surface area contributed by atoms with Gasteiger partial charge in [-0.15, -0.1) is 0 Å². The average molecular weight is 363 g/mol. The number of nitrogens with zero attached hydrogens (tertiary/aromatic N) is 6. The van der Waals surface area contributed by atoms with Gasteiger partial charge >= 0.3 is 0 Å². The number of nitrogens with one attached hydrogen (secondary N) is 1. The Morgan fingerprint density at radius 3 is 2.52 bits per heavy atom. The minimum absolute atomic E-state index is 0.405. The first-order valence-electron chi connectivity index (χ1n) is 9.39. The van der Waals surface area contributed by atoms with E-state index in [1.807, 2.05) is 38.5 Å². The van der Waals surface area contributed by atoms with Gasteiger partial charge in [0.05, 0.1) is 12.2 Å². The highest BCUT2D eigenvalue weighted by Crippen LogP contribution is 2.32. The maximum absolute atomic E-state index is 4.66. The number of aromatic nitrogens is 5. The standard InChI is InChI=1S/C20H25N7/c1-15-4-3-7-23-19(15)25-20-18(22-8-9-24-20)16-5-11-27(12-6-16)14-17-21-10-13-26(17)2/h3-4,7-10,13,16H,5-6,11-12,14H2,1-2H3,(H,23,24,25). The zero-order chi connectivity index (χ0) is 18.6. The van der Waals surface area contributed by atoms with E-state index in [0.717, 1.165) is 61.2 Å². The molecule has 1 saturated heterocycles. The van der Waals surface area contributed by atoms with Crippen LogP contribution in [0.4, 0.5) is 11.6 Å². The average Bonchev–Trinajstić information content (AvgIpc) is 3.09. The van der Waals surface area contributed by atoms with E-state index in [1.54, 1.807) is 18.6 Å². The van der Waals surface area contributed by atoms with Crippen LogP contribution < -0.4 is 5.32 Å². The number of rotatable bonds is 5. The molecule has 1 aliphatic rings. The predicted molar refractivity (Wildman–Crippen MR) is 105 cm³/mol. The van der Waals surface area contributed by atoms with E-state index >= 15 is 0 Å². The summed E-state index contributed by atoms with van der Waals surface area (Å²) >= 11 is 0. The van der Waals surface area contributed by atoms with Crippen molar-refractivity contribution in [3.63, 3.8) is 0 Å². The van der Waals surface area contributed by atoms with Gasteiger partial charge in [0.25, 0.3) is 0 Å². The van der Waals surface area contributed by atoms with Gasteiger partial charge in [-0.25, -0.2) is 15.0 Å². The highest BCUT2D eigenvalue weighted by atomic mass is 15.2. The summed E-state index contributed by atoms with van der Waals surface area (Å²) in [7, 11) is 2.05. The molecule has 0 bridgehead atoms. The number of aryl methyl sites for hydroxylation is 2. The Hall–Kier alpha value is -2.80. The maximum Gasteiger partial charge on any atom is 0.153 e. The van der Waals surface area contributed by atoms with Crippen LogP contribution in [0.1, 0.15) is 35.8 Å². The molecular formula is C20H25N7. The lowest BCUT2D eigenvalue weighted by Gasteiger charge is -2.31. The zero-order valence-electron chi connectivity index (χ0n) is 15.8. The van der Waals surface area contributed by atoms with Gasteiger partial charge in [0.2, 0.25) is 0 Å². The summed E-state index contributed by atoms with van der Waals surface area (Å²) in [4.78, 5) is 20.5. The third-order valence-corrected chi connectivity index (χ3v) is 5.23. The van der Waals surface area contributed by atoms with Crippen molar-refractivity contribution in [1.29, 1.82) is 0 Å². The molecule has 0 radical (unpaired) electrons. The van der Waals surface area contributed by atoms with Crippen molar-refractivity contribution in [1.82, 2.24) is 29.4 Å². The zero-order valence-corrected chi connectivity index (χ0v) is 15.8. The number of likely N-dealkylation sites (tertiary alicyclic amines) is 1. The van der Waals surface area contributed by atoms with Crippen molar-refractivity contribution in [3.05, 3.63) is 60.2 Å². The number of pyridine rings is 1. The Labute approximate surface area is 159 Å². The quantitative estimate of drug-likeness (QED) is 0.751. The van der Waals surface area contributed by atoms with Gasteiger partial charge in [-0.3, -0.25) is 9.88 Å². The first-order chi connectivity index (χ1) is 13.2. The molecule has 0 saturated carbocycles. The summed E-state index contributed by atoms with van der Waals surface area (Å²) in [6.07, 6.45) is 11.3. The second-order valence-corrected chi connectivity index (χ2v) is 7.09. The molecule has 140 valence electrons. The van der Waals surface area contributed by atoms with Crippen LogP contribution in [0.15, 0.2) is 43.1 Å². The topological polar surface area (TPSA) is 71.8 Å². The summed E-state index contributed by atoms with van der Waals surface area (Å²) in [6, 6.07) is 3.98. The van der Waals surface area contributed by atoms with Crippen LogP contribution in [0.2, 0.25) is 0 Å². The first kappa shape index (κ1) is 17.6. The van der Waals surface area contributed by atoms with Crippen LogP contribution in [0.5, 0.6) is 0 Å². The van der Waals surface area contributed by atoms with Crippen molar-refractivity contribution < 1.29 is 0 Å². The predicted octanol–water partition coefficient (Wildman–Crippen LogP) is 3.04. The third-order valence-electron chi connectivity index (χ3n) is 5.23. The lowest BCUT2D eigenvalue weighted by Crippen LogP contribution is -2.33. The van der Waals surface area contributed by atoms with Crippen LogP contribution in [0.3, 0.4) is 0 Å². The molecule has 0 unspecified atom stereocenters. The fourth-order valence-electron chi connectivity index (χ4n) is 3.59. The molecule has 27 heavy (non-hydrogen) atoms. The minimum Gasteiger partial charge on any atom is -0.337 e. The second-order valence-electron chi connectivity index (χ2n) is 7.09. The first-order valence-corrected chi connectivity index (χ1v) is 9.39. The van der Waals surface area contributed by atoms with Crippen LogP contribution >= 0.6 is 0 Å². The van der Waals surface area contributed by atoms with Crippen molar-refractivity contribution >= 4 is 11.6 Å². The molecule has 0 atom stereocenters. The molecule has 0 aliphatic carbocycles. The van der Waals surface area contributed by atoms with Gasteiger partial charge in [-0.05, 0) is 44.5 Å². The molecule has 3 aromatic heterocycles. The lowest BCUT2D eigenvalue weighted by molar-refractivity contribution is 0.197. The van der Waals surface area contributed by atoms with E-state index in [9.17, 15) is 0 Å². The summed E-state index contributed by atoms with van der Waals surface area (Å²) < 4.78 is 2.09. The number of anilines is 2. The molecule has 1 aliphatic heterocycles. The molecule has 1 fully saturated rings. The summed E-state index contributed by atoms with van der Waals surface area (Å²) in [5.74, 6) is 3.18. The summed E-state index contributed by atoms with van der Waals surface area (Å²) in [5, 5.41) is 3.38. The Morgan fingerprint density at radius 2 is 1.78 bits per heavy atom. The molecular weight excluding hydrogens is 338 g/mol. The van der Waals surface area contributed by atoms with Crippen LogP contribution in [0.25, 0.3) is 0 Å². The van der Waals surface area contributed by atoms with Crippen molar-refractivity contribution in [2.75, 3.05) is 18.4 Å². The molecule has 4 rings (SSSR count). The maximum atomic E-state index is 4.66. The molecule has 7 heteroatoms. The van der Waals surface area contributed by atoms with E-state index in [4.69, 9.17) is 0 Å². The molecule has 7 nitrogen and oxygen atoms in total. The van der Waals surface area contributed by atoms with Gasteiger partial charge in [-0.1, -0.05) is 6.07 Å². The number of hydrogen-bond donors (Lipinski definition) is 1. The van der Waals surface area contributed by atoms with E-state index in [1.165, 1.54) is 0 Å². The number of hydrogen-bond acceptors (Lipinski definition) is 6. The molecule has 0 amide bonds. The molecule has 4 heterocycles. The lowest BCUT2D eigenvalue weighted by atomic mass is 9.93. The Bertz CT molecular complexity index is 897. The van der Waals surface area contributed by atoms with Gasteiger partial charge in [0.1, 0.15) is 11.6 Å². The monoisotopic (exact) mass is 363 g/mol. The molecule has 3 aromatic rings. The van der Waals surface area contributed by atoms with Crippen LogP contribution in [-0.2, 0) is 13.6 Å². The largest absolute Gasteiger partial charge is 0.337 e. The Morgan fingerprint density at radius 1 is 1.00 bits per heavy atom. The van der Waals surface area contributed by atoms with Crippen molar-refractivity contribution in [2.24, 2.45) is 7.05 Å². The highest BCUT2D eigenvalue weighted by Gasteiger charge is 2.25. The Kier molecular flexibility index (Phi) is 5.11. The smallest absolute Gasteiger partial charge is 0.153 e. The minimum atomic E-state index is 0.405. The third kappa shape index (κ3) is 3.98. The van der Waals surface area contributed by atoms with Gasteiger partial charge in [0, 0.05) is 43.9 Å².